The quantitative estimate of drug-likeness (QED) is 0.337. The summed E-state index contributed by atoms with van der Waals surface area (Å²) < 4.78 is 0. The van der Waals surface area contributed by atoms with Gasteiger partial charge < -0.3 is 10.4 Å². The van der Waals surface area contributed by atoms with Gasteiger partial charge in [-0.05, 0) is 44.9 Å². The van der Waals surface area contributed by atoms with Crippen molar-refractivity contribution >= 4 is 11.9 Å². The van der Waals surface area contributed by atoms with Gasteiger partial charge in [0.1, 0.15) is 6.54 Å². The number of hydrogen-bond acceptors (Lipinski definition) is 2. The van der Waals surface area contributed by atoms with Crippen molar-refractivity contribution in [1.82, 2.24) is 5.32 Å². The van der Waals surface area contributed by atoms with Crippen LogP contribution in [-0.2, 0) is 9.59 Å². The Morgan fingerprint density at radius 2 is 1.07 bits per heavy atom. The number of rotatable bonds is 16. The van der Waals surface area contributed by atoms with Crippen molar-refractivity contribution in [3.05, 3.63) is 72.9 Å². The number of aliphatic carboxylic acids is 1. The van der Waals surface area contributed by atoms with Crippen LogP contribution in [0.1, 0.15) is 58.3 Å². The van der Waals surface area contributed by atoms with E-state index in [0.29, 0.717) is 12.8 Å². The minimum atomic E-state index is -1.03. The summed E-state index contributed by atoms with van der Waals surface area (Å²) in [5.74, 6) is -1.26. The largest absolute Gasteiger partial charge is 0.480 e. The van der Waals surface area contributed by atoms with Gasteiger partial charge in [-0.2, -0.15) is 0 Å². The molecule has 0 aliphatic rings. The first-order chi connectivity index (χ1) is 13.7. The minimum absolute atomic E-state index is 0.234. The van der Waals surface area contributed by atoms with Gasteiger partial charge in [0, 0.05) is 6.42 Å². The summed E-state index contributed by atoms with van der Waals surface area (Å²) in [6.45, 7) is 1.83. The van der Waals surface area contributed by atoms with Crippen molar-refractivity contribution in [3.8, 4) is 0 Å². The second-order valence-electron chi connectivity index (χ2n) is 6.12. The zero-order chi connectivity index (χ0) is 20.7. The standard InChI is InChI=1S/C24H35NO3/c1-2-3-4-5-6-7-8-9-10-11-12-13-14-15-16-17-18-19-20-21-23(26)25-22-24(27)28/h3-4,6-7,9-10,12-13,15-16,18-19H,2,5,8,11,14,17,20-22H2,1H3,(H,25,26)(H,27,28). The Balaban J connectivity index is 3.58. The van der Waals surface area contributed by atoms with E-state index >= 15 is 0 Å². The van der Waals surface area contributed by atoms with E-state index in [1.165, 1.54) is 0 Å². The molecule has 0 saturated carbocycles. The third-order valence-corrected chi connectivity index (χ3v) is 3.57. The van der Waals surface area contributed by atoms with Crippen molar-refractivity contribution in [2.24, 2.45) is 0 Å². The van der Waals surface area contributed by atoms with Gasteiger partial charge in [-0.15, -0.1) is 0 Å². The van der Waals surface area contributed by atoms with E-state index < -0.39 is 5.97 Å². The molecule has 28 heavy (non-hydrogen) atoms. The van der Waals surface area contributed by atoms with Gasteiger partial charge in [0.15, 0.2) is 0 Å². The van der Waals surface area contributed by atoms with E-state index in [2.05, 4.69) is 73.0 Å². The van der Waals surface area contributed by atoms with Gasteiger partial charge in [-0.3, -0.25) is 9.59 Å². The summed E-state index contributed by atoms with van der Waals surface area (Å²) in [7, 11) is 0. The molecule has 1 amide bonds. The van der Waals surface area contributed by atoms with Crippen LogP contribution in [0.25, 0.3) is 0 Å². The molecule has 0 unspecified atom stereocenters. The lowest BCUT2D eigenvalue weighted by molar-refractivity contribution is -0.137. The van der Waals surface area contributed by atoms with Gasteiger partial charge in [-0.25, -0.2) is 0 Å². The summed E-state index contributed by atoms with van der Waals surface area (Å²) in [4.78, 5) is 21.6. The highest BCUT2D eigenvalue weighted by molar-refractivity contribution is 5.81. The Kier molecular flexibility index (Phi) is 18.8. The Bertz CT molecular complexity index is 581. The highest BCUT2D eigenvalue weighted by Gasteiger charge is 2.01. The number of carboxylic acids is 1. The number of nitrogens with one attached hydrogen (secondary N) is 1. The Labute approximate surface area is 170 Å². The summed E-state index contributed by atoms with van der Waals surface area (Å²) >= 11 is 0. The summed E-state index contributed by atoms with van der Waals surface area (Å²) in [6.07, 6.45) is 32.4. The maximum absolute atomic E-state index is 11.3. The summed E-state index contributed by atoms with van der Waals surface area (Å²) in [6, 6.07) is 0. The molecule has 0 saturated heterocycles. The van der Waals surface area contributed by atoms with Crippen LogP contribution in [0, 0.1) is 0 Å². The molecule has 4 nitrogen and oxygen atoms in total. The number of carbonyl (C=O) groups excluding carboxylic acids is 1. The van der Waals surface area contributed by atoms with Crippen molar-refractivity contribution in [3.63, 3.8) is 0 Å². The molecule has 0 fully saturated rings. The van der Waals surface area contributed by atoms with Crippen LogP contribution in [0.4, 0.5) is 0 Å². The maximum Gasteiger partial charge on any atom is 0.322 e. The fourth-order valence-electron chi connectivity index (χ4n) is 2.12. The normalized spacial score (nSPS) is 12.6. The SMILES string of the molecule is CCC=CCC=CCC=CCC=CCC=CCC=CCCC(=O)NCC(=O)O. The van der Waals surface area contributed by atoms with Crippen LogP contribution in [0.5, 0.6) is 0 Å². The number of carbonyl (C=O) groups is 2. The van der Waals surface area contributed by atoms with Gasteiger partial charge in [0.05, 0.1) is 0 Å². The smallest absolute Gasteiger partial charge is 0.322 e. The van der Waals surface area contributed by atoms with Gasteiger partial charge in [-0.1, -0.05) is 79.8 Å². The van der Waals surface area contributed by atoms with E-state index in [1.807, 2.05) is 12.2 Å². The van der Waals surface area contributed by atoms with Gasteiger partial charge in [0.2, 0.25) is 5.91 Å². The topological polar surface area (TPSA) is 66.4 Å². The number of carboxylic acid groups (broad SMARTS) is 1. The third kappa shape index (κ3) is 21.4. The molecule has 0 aromatic heterocycles. The second kappa shape index (κ2) is 20.7. The molecule has 0 spiro atoms. The highest BCUT2D eigenvalue weighted by Crippen LogP contribution is 1.97. The fraction of sp³-hybridized carbons (Fsp3) is 0.417. The first kappa shape index (κ1) is 25.4. The molecule has 0 atom stereocenters. The van der Waals surface area contributed by atoms with Crippen molar-refractivity contribution < 1.29 is 14.7 Å². The molecule has 0 aromatic rings. The predicted molar refractivity (Wildman–Crippen MR) is 118 cm³/mol. The zero-order valence-corrected chi connectivity index (χ0v) is 17.1. The molecule has 154 valence electrons. The number of allylic oxidation sites excluding steroid dienone is 12. The lowest BCUT2D eigenvalue weighted by Crippen LogP contribution is -2.28. The molecule has 0 aromatic carbocycles. The number of hydrogen-bond donors (Lipinski definition) is 2. The van der Waals surface area contributed by atoms with Gasteiger partial charge in [0.25, 0.3) is 0 Å². The second-order valence-corrected chi connectivity index (χ2v) is 6.12. The lowest BCUT2D eigenvalue weighted by Gasteiger charge is -1.99. The lowest BCUT2D eigenvalue weighted by atomic mass is 10.2. The van der Waals surface area contributed by atoms with Crippen molar-refractivity contribution in [2.75, 3.05) is 6.54 Å². The molecular formula is C24H35NO3. The molecule has 4 heteroatoms. The van der Waals surface area contributed by atoms with Crippen LogP contribution < -0.4 is 5.32 Å². The molecular weight excluding hydrogens is 350 g/mol. The molecule has 0 aliphatic heterocycles. The van der Waals surface area contributed by atoms with E-state index in [9.17, 15) is 9.59 Å². The first-order valence-electron chi connectivity index (χ1n) is 10.0. The fourth-order valence-corrected chi connectivity index (χ4v) is 2.12. The Hall–Kier alpha value is -2.62. The van der Waals surface area contributed by atoms with Crippen LogP contribution in [0.3, 0.4) is 0 Å². The summed E-state index contributed by atoms with van der Waals surface area (Å²) in [5, 5.41) is 10.8. The van der Waals surface area contributed by atoms with Crippen molar-refractivity contribution in [1.29, 1.82) is 0 Å². The Morgan fingerprint density at radius 1 is 0.679 bits per heavy atom. The monoisotopic (exact) mass is 385 g/mol. The minimum Gasteiger partial charge on any atom is -0.480 e. The number of amides is 1. The molecule has 0 bridgehead atoms. The molecule has 0 radical (unpaired) electrons. The van der Waals surface area contributed by atoms with Crippen molar-refractivity contribution in [2.45, 2.75) is 58.3 Å². The average molecular weight is 386 g/mol. The third-order valence-electron chi connectivity index (χ3n) is 3.57. The van der Waals surface area contributed by atoms with E-state index in [4.69, 9.17) is 5.11 Å². The molecule has 0 aliphatic carbocycles. The van der Waals surface area contributed by atoms with Crippen LogP contribution in [-0.4, -0.2) is 23.5 Å². The summed E-state index contributed by atoms with van der Waals surface area (Å²) in [5.41, 5.74) is 0. The van der Waals surface area contributed by atoms with Crippen LogP contribution in [0.15, 0.2) is 72.9 Å². The highest BCUT2D eigenvalue weighted by atomic mass is 16.4. The van der Waals surface area contributed by atoms with Crippen LogP contribution >= 0.6 is 0 Å². The molecule has 0 rings (SSSR count). The predicted octanol–water partition coefficient (Wildman–Crippen LogP) is 5.67. The van der Waals surface area contributed by atoms with E-state index in [0.717, 1.165) is 38.5 Å². The van der Waals surface area contributed by atoms with Gasteiger partial charge >= 0.3 is 5.97 Å². The van der Waals surface area contributed by atoms with Crippen LogP contribution in [0.2, 0.25) is 0 Å². The molecule has 2 N–H and O–H groups in total. The zero-order valence-electron chi connectivity index (χ0n) is 17.1. The van der Waals surface area contributed by atoms with E-state index in [1.54, 1.807) is 0 Å². The first-order valence-corrected chi connectivity index (χ1v) is 10.0. The molecule has 0 heterocycles. The van der Waals surface area contributed by atoms with E-state index in [-0.39, 0.29) is 12.5 Å². The average Bonchev–Trinajstić information content (AvgIpc) is 2.68. The Morgan fingerprint density at radius 3 is 1.46 bits per heavy atom. The maximum atomic E-state index is 11.3.